The Bertz CT molecular complexity index is 436. The van der Waals surface area contributed by atoms with Crippen LogP contribution in [0.15, 0.2) is 6.33 Å². The van der Waals surface area contributed by atoms with Crippen LogP contribution in [0.1, 0.15) is 31.0 Å². The Hall–Kier alpha value is -1.63. The van der Waals surface area contributed by atoms with Crippen molar-refractivity contribution in [2.24, 2.45) is 5.92 Å². The predicted octanol–water partition coefficient (Wildman–Crippen LogP) is 1.95. The molecule has 0 spiro atoms. The molecule has 0 N–H and O–H groups in total. The van der Waals surface area contributed by atoms with E-state index in [-0.39, 0.29) is 5.92 Å². The topological polar surface area (TPSA) is 52.8 Å². The molecule has 90 valence electrons. The van der Waals surface area contributed by atoms with Gasteiger partial charge in [-0.15, -0.1) is 0 Å². The van der Waals surface area contributed by atoms with E-state index in [1.54, 1.807) is 6.33 Å². The highest BCUT2D eigenvalue weighted by Gasteiger charge is 2.18. The van der Waals surface area contributed by atoms with Crippen molar-refractivity contribution in [3.63, 3.8) is 0 Å². The van der Waals surface area contributed by atoms with Crippen molar-refractivity contribution in [3.05, 3.63) is 17.6 Å². The van der Waals surface area contributed by atoms with Crippen molar-refractivity contribution < 1.29 is 0 Å². The number of fused-ring (bicyclic) bond motifs is 1. The summed E-state index contributed by atoms with van der Waals surface area (Å²) in [5, 5.41) is 8.86. The summed E-state index contributed by atoms with van der Waals surface area (Å²) in [7, 11) is 2.01. The molecule has 1 aromatic heterocycles. The van der Waals surface area contributed by atoms with Crippen LogP contribution < -0.4 is 4.90 Å². The van der Waals surface area contributed by atoms with Crippen LogP contribution in [0.3, 0.4) is 0 Å². The van der Waals surface area contributed by atoms with Crippen molar-refractivity contribution in [1.29, 1.82) is 5.26 Å². The van der Waals surface area contributed by atoms with Gasteiger partial charge in [-0.05, 0) is 32.6 Å². The van der Waals surface area contributed by atoms with E-state index in [0.717, 1.165) is 25.2 Å². The van der Waals surface area contributed by atoms with Gasteiger partial charge in [0.2, 0.25) is 0 Å². The molecule has 2 rings (SSSR count). The van der Waals surface area contributed by atoms with Crippen LogP contribution >= 0.6 is 0 Å². The summed E-state index contributed by atoms with van der Waals surface area (Å²) < 4.78 is 0. The lowest BCUT2D eigenvalue weighted by Gasteiger charge is -2.25. The number of aromatic nitrogens is 2. The monoisotopic (exact) mass is 230 g/mol. The molecule has 1 heterocycles. The predicted molar refractivity (Wildman–Crippen MR) is 66.7 cm³/mol. The summed E-state index contributed by atoms with van der Waals surface area (Å²) in [6.07, 6.45) is 6.22. The highest BCUT2D eigenvalue weighted by atomic mass is 15.2. The number of nitrogens with zero attached hydrogens (tertiary/aromatic N) is 4. The van der Waals surface area contributed by atoms with E-state index < -0.39 is 0 Å². The Balaban J connectivity index is 2.23. The summed E-state index contributed by atoms with van der Waals surface area (Å²) in [5.41, 5.74) is 2.48. The van der Waals surface area contributed by atoms with Gasteiger partial charge < -0.3 is 4.90 Å². The van der Waals surface area contributed by atoms with E-state index in [0.29, 0.717) is 0 Å². The first-order chi connectivity index (χ1) is 8.22. The maximum atomic E-state index is 8.86. The highest BCUT2D eigenvalue weighted by Crippen LogP contribution is 2.26. The molecule has 1 aliphatic carbocycles. The van der Waals surface area contributed by atoms with E-state index in [1.165, 1.54) is 24.1 Å². The molecule has 0 saturated heterocycles. The minimum absolute atomic E-state index is 0.0224. The maximum absolute atomic E-state index is 8.86. The Morgan fingerprint density at radius 1 is 1.41 bits per heavy atom. The van der Waals surface area contributed by atoms with Gasteiger partial charge in [0.25, 0.3) is 0 Å². The number of aryl methyl sites for hydroxylation is 1. The third kappa shape index (κ3) is 2.55. The average molecular weight is 230 g/mol. The smallest absolute Gasteiger partial charge is 0.135 e. The zero-order valence-electron chi connectivity index (χ0n) is 10.5. The van der Waals surface area contributed by atoms with Gasteiger partial charge >= 0.3 is 0 Å². The normalized spacial score (nSPS) is 15.8. The molecule has 4 nitrogen and oxygen atoms in total. The van der Waals surface area contributed by atoms with Crippen LogP contribution in [0.25, 0.3) is 0 Å². The van der Waals surface area contributed by atoms with E-state index >= 15 is 0 Å². The number of rotatable bonds is 3. The lowest BCUT2D eigenvalue weighted by atomic mass is 9.96. The van der Waals surface area contributed by atoms with Crippen molar-refractivity contribution in [2.45, 2.75) is 32.6 Å². The fourth-order valence-corrected chi connectivity index (χ4v) is 2.37. The quantitative estimate of drug-likeness (QED) is 0.796. The second kappa shape index (κ2) is 5.13. The number of nitriles is 1. The molecule has 4 heteroatoms. The van der Waals surface area contributed by atoms with E-state index in [1.807, 2.05) is 14.0 Å². The first-order valence-corrected chi connectivity index (χ1v) is 6.16. The van der Waals surface area contributed by atoms with Crippen LogP contribution in [0.5, 0.6) is 0 Å². The zero-order chi connectivity index (χ0) is 12.3. The Morgan fingerprint density at radius 3 is 2.94 bits per heavy atom. The van der Waals surface area contributed by atoms with Crippen molar-refractivity contribution in [3.8, 4) is 6.07 Å². The molecule has 17 heavy (non-hydrogen) atoms. The van der Waals surface area contributed by atoms with Gasteiger partial charge in [0.1, 0.15) is 12.1 Å². The molecule has 0 amide bonds. The molecular formula is C13H18N4. The molecule has 0 aliphatic heterocycles. The molecule has 1 atom stereocenters. The van der Waals surface area contributed by atoms with Crippen LogP contribution in [0, 0.1) is 17.2 Å². The van der Waals surface area contributed by atoms with Crippen molar-refractivity contribution in [2.75, 3.05) is 18.5 Å². The molecule has 1 aliphatic rings. The highest BCUT2D eigenvalue weighted by molar-refractivity contribution is 5.49. The van der Waals surface area contributed by atoms with Gasteiger partial charge in [0, 0.05) is 24.8 Å². The van der Waals surface area contributed by atoms with Crippen LogP contribution in [0.2, 0.25) is 0 Å². The molecule has 0 bridgehead atoms. The number of hydrogen-bond donors (Lipinski definition) is 0. The minimum atomic E-state index is 0.0224. The third-order valence-electron chi connectivity index (χ3n) is 3.23. The zero-order valence-corrected chi connectivity index (χ0v) is 10.5. The number of hydrogen-bond acceptors (Lipinski definition) is 4. The molecule has 1 unspecified atom stereocenters. The average Bonchev–Trinajstić information content (AvgIpc) is 2.37. The molecular weight excluding hydrogens is 212 g/mol. The van der Waals surface area contributed by atoms with Gasteiger partial charge in [-0.3, -0.25) is 0 Å². The molecule has 1 aromatic rings. The summed E-state index contributed by atoms with van der Waals surface area (Å²) in [4.78, 5) is 10.8. The third-order valence-corrected chi connectivity index (χ3v) is 3.23. The lowest BCUT2D eigenvalue weighted by Crippen LogP contribution is -2.26. The lowest BCUT2D eigenvalue weighted by molar-refractivity contribution is 0.649. The van der Waals surface area contributed by atoms with Crippen LogP contribution in [-0.2, 0) is 12.8 Å². The molecule has 0 radical (unpaired) electrons. The van der Waals surface area contributed by atoms with E-state index in [9.17, 15) is 0 Å². The Morgan fingerprint density at radius 2 is 2.18 bits per heavy atom. The standard InChI is InChI=1S/C13H18N4/c1-10(7-14)8-17(2)13-11-5-3-4-6-12(11)15-9-16-13/h9-10H,3-6,8H2,1-2H3. The van der Waals surface area contributed by atoms with Gasteiger partial charge in [-0.2, -0.15) is 5.26 Å². The SMILES string of the molecule is CC(C#N)CN(C)c1ncnc2c1CCCC2. The van der Waals surface area contributed by atoms with Gasteiger partial charge in [-0.25, -0.2) is 9.97 Å². The number of anilines is 1. The van der Waals surface area contributed by atoms with Crippen molar-refractivity contribution in [1.82, 2.24) is 9.97 Å². The fraction of sp³-hybridized carbons (Fsp3) is 0.615. The van der Waals surface area contributed by atoms with Gasteiger partial charge in [0.05, 0.1) is 12.0 Å². The summed E-state index contributed by atoms with van der Waals surface area (Å²) in [6, 6.07) is 2.26. The largest absolute Gasteiger partial charge is 0.358 e. The second-order valence-corrected chi connectivity index (χ2v) is 4.74. The summed E-state index contributed by atoms with van der Waals surface area (Å²) in [5.74, 6) is 1.03. The van der Waals surface area contributed by atoms with Crippen LogP contribution in [0.4, 0.5) is 5.82 Å². The molecule has 0 aromatic carbocycles. The molecule has 0 saturated carbocycles. The van der Waals surface area contributed by atoms with E-state index in [4.69, 9.17) is 5.26 Å². The molecule has 0 fully saturated rings. The van der Waals surface area contributed by atoms with Crippen molar-refractivity contribution >= 4 is 5.82 Å². The Labute approximate surface area is 102 Å². The van der Waals surface area contributed by atoms with Crippen LogP contribution in [-0.4, -0.2) is 23.6 Å². The van der Waals surface area contributed by atoms with E-state index in [2.05, 4.69) is 20.9 Å². The minimum Gasteiger partial charge on any atom is -0.358 e. The first-order valence-electron chi connectivity index (χ1n) is 6.16. The van der Waals surface area contributed by atoms with Gasteiger partial charge in [-0.1, -0.05) is 0 Å². The Kier molecular flexibility index (Phi) is 3.58. The van der Waals surface area contributed by atoms with Gasteiger partial charge in [0.15, 0.2) is 0 Å². The maximum Gasteiger partial charge on any atom is 0.135 e. The first kappa shape index (κ1) is 11.8. The second-order valence-electron chi connectivity index (χ2n) is 4.74. The summed E-state index contributed by atoms with van der Waals surface area (Å²) in [6.45, 7) is 2.66. The summed E-state index contributed by atoms with van der Waals surface area (Å²) >= 11 is 0. The fourth-order valence-electron chi connectivity index (χ4n) is 2.37.